The first-order chi connectivity index (χ1) is 9.82. The highest BCUT2D eigenvalue weighted by atomic mass is 32.2. The lowest BCUT2D eigenvalue weighted by Crippen LogP contribution is -2.33. The highest BCUT2D eigenvalue weighted by Crippen LogP contribution is 2.24. The summed E-state index contributed by atoms with van der Waals surface area (Å²) in [5.41, 5.74) is 0.821. The molecule has 0 unspecified atom stereocenters. The van der Waals surface area contributed by atoms with Crippen molar-refractivity contribution in [3.63, 3.8) is 0 Å². The van der Waals surface area contributed by atoms with Crippen LogP contribution in [0.15, 0.2) is 23.1 Å². The third-order valence-corrected chi connectivity index (χ3v) is 5.04. The van der Waals surface area contributed by atoms with Crippen molar-refractivity contribution in [1.82, 2.24) is 14.5 Å². The number of hydrogen-bond donors (Lipinski definition) is 1. The van der Waals surface area contributed by atoms with E-state index in [0.717, 1.165) is 5.56 Å². The van der Waals surface area contributed by atoms with Gasteiger partial charge in [0.1, 0.15) is 5.75 Å². The van der Waals surface area contributed by atoms with Crippen molar-refractivity contribution in [3.8, 4) is 5.75 Å². The second-order valence-electron chi connectivity index (χ2n) is 5.13. The number of likely N-dealkylation sites (N-methyl/N-ethyl adjacent to an activating group) is 2. The van der Waals surface area contributed by atoms with Crippen LogP contribution in [0.25, 0.3) is 0 Å². The maximum absolute atomic E-state index is 12.5. The number of hydrogen-bond acceptors (Lipinski definition) is 5. The molecule has 0 aliphatic rings. The molecule has 0 aliphatic heterocycles. The quantitative estimate of drug-likeness (QED) is 0.761. The molecule has 0 bridgehead atoms. The Morgan fingerprint density at radius 1 is 1.19 bits per heavy atom. The summed E-state index contributed by atoms with van der Waals surface area (Å²) in [6.45, 7) is 1.67. The summed E-state index contributed by atoms with van der Waals surface area (Å²) >= 11 is 0. The van der Waals surface area contributed by atoms with Crippen LogP contribution in [0.5, 0.6) is 5.75 Å². The molecule has 0 saturated heterocycles. The van der Waals surface area contributed by atoms with E-state index in [2.05, 4.69) is 5.32 Å². The third-order valence-electron chi connectivity index (χ3n) is 3.19. The van der Waals surface area contributed by atoms with Gasteiger partial charge in [-0.05, 0) is 39.3 Å². The van der Waals surface area contributed by atoms with E-state index >= 15 is 0 Å². The number of rotatable bonds is 8. The third kappa shape index (κ3) is 4.67. The van der Waals surface area contributed by atoms with Gasteiger partial charge >= 0.3 is 0 Å². The molecule has 6 nitrogen and oxygen atoms in total. The Morgan fingerprint density at radius 2 is 1.86 bits per heavy atom. The summed E-state index contributed by atoms with van der Waals surface area (Å²) in [5, 5.41) is 3.01. The van der Waals surface area contributed by atoms with Crippen LogP contribution in [0, 0.1) is 0 Å². The largest absolute Gasteiger partial charge is 0.496 e. The Morgan fingerprint density at radius 3 is 2.38 bits per heavy atom. The van der Waals surface area contributed by atoms with Crippen molar-refractivity contribution in [2.24, 2.45) is 0 Å². The number of methoxy groups -OCH3 is 1. The van der Waals surface area contributed by atoms with E-state index in [1.807, 2.05) is 26.0 Å². The molecule has 0 aromatic heterocycles. The van der Waals surface area contributed by atoms with Crippen molar-refractivity contribution in [2.45, 2.75) is 11.4 Å². The van der Waals surface area contributed by atoms with Gasteiger partial charge < -0.3 is 15.0 Å². The van der Waals surface area contributed by atoms with E-state index in [0.29, 0.717) is 25.4 Å². The van der Waals surface area contributed by atoms with Gasteiger partial charge in [-0.25, -0.2) is 8.42 Å². The molecule has 21 heavy (non-hydrogen) atoms. The minimum atomic E-state index is -3.48. The molecule has 0 atom stereocenters. The highest BCUT2D eigenvalue weighted by molar-refractivity contribution is 7.89. The minimum absolute atomic E-state index is 0.287. The Balaban J connectivity index is 3.05. The van der Waals surface area contributed by atoms with Crippen LogP contribution in [0.2, 0.25) is 0 Å². The zero-order valence-corrected chi connectivity index (χ0v) is 14.2. The maximum atomic E-state index is 12.5. The number of benzene rings is 1. The van der Waals surface area contributed by atoms with Crippen LogP contribution in [-0.2, 0) is 16.6 Å². The highest BCUT2D eigenvalue weighted by Gasteiger charge is 2.21. The Kier molecular flexibility index (Phi) is 6.60. The SMILES string of the molecule is CNCc1cc(S(=O)(=O)N(C)CCN(C)C)ccc1OC. The van der Waals surface area contributed by atoms with Crippen LogP contribution in [0.1, 0.15) is 5.56 Å². The molecule has 0 fully saturated rings. The first kappa shape index (κ1) is 17.9. The van der Waals surface area contributed by atoms with Crippen LogP contribution in [0.3, 0.4) is 0 Å². The predicted molar refractivity (Wildman–Crippen MR) is 84.1 cm³/mol. The fourth-order valence-corrected chi connectivity index (χ4v) is 3.10. The molecule has 120 valence electrons. The summed E-state index contributed by atoms with van der Waals surface area (Å²) in [6, 6.07) is 4.94. The molecule has 1 aromatic rings. The summed E-state index contributed by atoms with van der Waals surface area (Å²) in [7, 11) is 5.34. The molecule has 0 amide bonds. The van der Waals surface area contributed by atoms with Crippen molar-refractivity contribution in [1.29, 1.82) is 0 Å². The molecule has 0 aliphatic carbocycles. The Bertz CT molecular complexity index is 559. The average Bonchev–Trinajstić information content (AvgIpc) is 2.44. The first-order valence-corrected chi connectivity index (χ1v) is 8.19. The van der Waals surface area contributed by atoms with Crippen molar-refractivity contribution in [3.05, 3.63) is 23.8 Å². The monoisotopic (exact) mass is 315 g/mol. The molecule has 0 saturated carbocycles. The van der Waals surface area contributed by atoms with Gasteiger partial charge in [-0.15, -0.1) is 0 Å². The lowest BCUT2D eigenvalue weighted by Gasteiger charge is -2.20. The van der Waals surface area contributed by atoms with Crippen molar-refractivity contribution >= 4 is 10.0 Å². The molecule has 0 spiro atoms. The van der Waals surface area contributed by atoms with Gasteiger partial charge in [0.05, 0.1) is 12.0 Å². The van der Waals surface area contributed by atoms with Gasteiger partial charge in [0.2, 0.25) is 10.0 Å². The fraction of sp³-hybridized carbons (Fsp3) is 0.571. The van der Waals surface area contributed by atoms with Crippen LogP contribution in [0.4, 0.5) is 0 Å². The number of ether oxygens (including phenoxy) is 1. The van der Waals surface area contributed by atoms with Gasteiger partial charge in [-0.1, -0.05) is 0 Å². The average molecular weight is 315 g/mol. The zero-order chi connectivity index (χ0) is 16.0. The van der Waals surface area contributed by atoms with E-state index in [-0.39, 0.29) is 4.90 Å². The van der Waals surface area contributed by atoms with Crippen LogP contribution in [-0.4, -0.2) is 66.0 Å². The molecular formula is C14H25N3O3S. The second kappa shape index (κ2) is 7.74. The van der Waals surface area contributed by atoms with Gasteiger partial charge in [0, 0.05) is 32.2 Å². The fourth-order valence-electron chi connectivity index (χ4n) is 1.88. The molecule has 0 radical (unpaired) electrons. The Labute approximate surface area is 127 Å². The maximum Gasteiger partial charge on any atom is 0.242 e. The summed E-state index contributed by atoms with van der Waals surface area (Å²) in [5.74, 6) is 0.680. The predicted octanol–water partition coefficient (Wildman–Crippen LogP) is 0.597. The van der Waals surface area contributed by atoms with Crippen LogP contribution < -0.4 is 10.1 Å². The van der Waals surface area contributed by atoms with E-state index < -0.39 is 10.0 Å². The first-order valence-electron chi connectivity index (χ1n) is 6.75. The summed E-state index contributed by atoms with van der Waals surface area (Å²) in [4.78, 5) is 2.24. The van der Waals surface area contributed by atoms with Crippen molar-refractivity contribution < 1.29 is 13.2 Å². The zero-order valence-electron chi connectivity index (χ0n) is 13.4. The number of sulfonamides is 1. The lowest BCUT2D eigenvalue weighted by molar-refractivity contribution is 0.358. The topological polar surface area (TPSA) is 61.9 Å². The van der Waals surface area contributed by atoms with Gasteiger partial charge in [-0.3, -0.25) is 0 Å². The van der Waals surface area contributed by atoms with E-state index in [9.17, 15) is 8.42 Å². The van der Waals surface area contributed by atoms with Gasteiger partial charge in [0.15, 0.2) is 0 Å². The molecular weight excluding hydrogens is 290 g/mol. The van der Waals surface area contributed by atoms with E-state index in [1.165, 1.54) is 4.31 Å². The lowest BCUT2D eigenvalue weighted by atomic mass is 10.2. The summed E-state index contributed by atoms with van der Waals surface area (Å²) < 4.78 is 31.7. The Hall–Kier alpha value is -1.15. The van der Waals surface area contributed by atoms with E-state index in [4.69, 9.17) is 4.74 Å². The van der Waals surface area contributed by atoms with E-state index in [1.54, 1.807) is 32.4 Å². The summed E-state index contributed by atoms with van der Waals surface area (Å²) in [6.07, 6.45) is 0. The molecule has 1 N–H and O–H groups in total. The normalized spacial score (nSPS) is 12.1. The molecule has 0 heterocycles. The number of nitrogens with one attached hydrogen (secondary N) is 1. The van der Waals surface area contributed by atoms with Gasteiger partial charge in [-0.2, -0.15) is 4.31 Å². The molecule has 7 heteroatoms. The van der Waals surface area contributed by atoms with Crippen molar-refractivity contribution in [2.75, 3.05) is 48.4 Å². The molecule has 1 aromatic carbocycles. The standard InChI is InChI=1S/C14H25N3O3S/c1-15-11-12-10-13(6-7-14(12)20-5)21(18,19)17(4)9-8-16(2)3/h6-7,10,15H,8-9,11H2,1-5H3. The second-order valence-corrected chi connectivity index (χ2v) is 7.18. The smallest absolute Gasteiger partial charge is 0.242 e. The minimum Gasteiger partial charge on any atom is -0.496 e. The van der Waals surface area contributed by atoms with Crippen LogP contribution >= 0.6 is 0 Å². The van der Waals surface area contributed by atoms with Gasteiger partial charge in [0.25, 0.3) is 0 Å². The molecule has 1 rings (SSSR count). The number of nitrogens with zero attached hydrogens (tertiary/aromatic N) is 2.